The van der Waals surface area contributed by atoms with Crippen LogP contribution in [0.1, 0.15) is 17.4 Å². The van der Waals surface area contributed by atoms with Gasteiger partial charge in [-0.3, -0.25) is 0 Å². The molecular weight excluding hydrogens is 382 g/mol. The molecule has 2 aromatic carbocycles. The van der Waals surface area contributed by atoms with E-state index >= 15 is 0 Å². The maximum Gasteiger partial charge on any atom is 0.354 e. The van der Waals surface area contributed by atoms with Crippen molar-refractivity contribution in [1.82, 2.24) is 4.98 Å². The third-order valence-corrected chi connectivity index (χ3v) is 4.06. The summed E-state index contributed by atoms with van der Waals surface area (Å²) in [5.74, 6) is 0.955. The van der Waals surface area contributed by atoms with Gasteiger partial charge in [0.1, 0.15) is 17.2 Å². The maximum absolute atomic E-state index is 11.8. The molecule has 0 spiro atoms. The Hall–Kier alpha value is -1.98. The number of H-pyrrole nitrogens is 1. The summed E-state index contributed by atoms with van der Waals surface area (Å²) in [5, 5.41) is 1.50. The number of rotatable bonds is 4. The van der Waals surface area contributed by atoms with E-state index in [-0.39, 0.29) is 5.97 Å². The number of hydrogen-bond acceptors (Lipinski definition) is 3. The fourth-order valence-electron chi connectivity index (χ4n) is 2.18. The van der Waals surface area contributed by atoms with Gasteiger partial charge in [0.05, 0.1) is 11.1 Å². The molecule has 0 radical (unpaired) electrons. The molecule has 1 heterocycles. The van der Waals surface area contributed by atoms with E-state index in [9.17, 15) is 4.79 Å². The van der Waals surface area contributed by atoms with Gasteiger partial charge in [-0.05, 0) is 65.3 Å². The summed E-state index contributed by atoms with van der Waals surface area (Å²) in [5.41, 5.74) is 1.27. The van der Waals surface area contributed by atoms with Crippen LogP contribution in [0.2, 0.25) is 5.02 Å². The molecule has 0 saturated heterocycles. The minimum Gasteiger partial charge on any atom is -0.461 e. The van der Waals surface area contributed by atoms with Crippen LogP contribution in [0.3, 0.4) is 0 Å². The van der Waals surface area contributed by atoms with Crippen LogP contribution in [0.5, 0.6) is 11.5 Å². The van der Waals surface area contributed by atoms with Crippen LogP contribution in [0.15, 0.2) is 46.9 Å². The van der Waals surface area contributed by atoms with Crippen molar-refractivity contribution in [3.63, 3.8) is 0 Å². The largest absolute Gasteiger partial charge is 0.461 e. The number of nitrogens with one attached hydrogen (secondary N) is 1. The van der Waals surface area contributed by atoms with Gasteiger partial charge in [0, 0.05) is 15.9 Å². The van der Waals surface area contributed by atoms with Crippen LogP contribution in [-0.4, -0.2) is 17.6 Å². The first-order chi connectivity index (χ1) is 11.1. The fraction of sp³-hybridized carbons (Fsp3) is 0.118. The predicted molar refractivity (Wildman–Crippen MR) is 93.5 cm³/mol. The normalized spacial score (nSPS) is 10.7. The van der Waals surface area contributed by atoms with Gasteiger partial charge in [0.15, 0.2) is 0 Å². The quantitative estimate of drug-likeness (QED) is 0.590. The summed E-state index contributed by atoms with van der Waals surface area (Å²) < 4.78 is 11.6. The van der Waals surface area contributed by atoms with Gasteiger partial charge < -0.3 is 14.5 Å². The average molecular weight is 395 g/mol. The number of halogens is 2. The number of aromatic amines is 1. The number of hydrogen-bond donors (Lipinski definition) is 1. The predicted octanol–water partition coefficient (Wildman–Crippen LogP) is 5.55. The topological polar surface area (TPSA) is 51.3 Å². The molecule has 1 N–H and O–H groups in total. The van der Waals surface area contributed by atoms with Gasteiger partial charge >= 0.3 is 5.97 Å². The lowest BCUT2D eigenvalue weighted by molar-refractivity contribution is 0.0520. The molecule has 118 valence electrons. The van der Waals surface area contributed by atoms with Crippen LogP contribution in [-0.2, 0) is 4.74 Å². The smallest absolute Gasteiger partial charge is 0.354 e. The number of carbonyl (C=O) groups is 1. The summed E-state index contributed by atoms with van der Waals surface area (Å²) in [7, 11) is 0. The van der Waals surface area contributed by atoms with Crippen LogP contribution in [0.4, 0.5) is 0 Å². The second-order valence-electron chi connectivity index (χ2n) is 4.83. The van der Waals surface area contributed by atoms with Crippen LogP contribution < -0.4 is 4.74 Å². The molecule has 0 amide bonds. The third-order valence-electron chi connectivity index (χ3n) is 3.21. The second kappa shape index (κ2) is 6.64. The Bertz CT molecular complexity index is 875. The Kier molecular flexibility index (Phi) is 4.59. The van der Waals surface area contributed by atoms with Crippen molar-refractivity contribution in [2.45, 2.75) is 6.92 Å². The van der Waals surface area contributed by atoms with E-state index in [1.807, 2.05) is 18.2 Å². The van der Waals surface area contributed by atoms with Gasteiger partial charge in [0.2, 0.25) is 0 Å². The molecule has 0 atom stereocenters. The molecule has 3 aromatic rings. The highest BCUT2D eigenvalue weighted by atomic mass is 79.9. The minimum atomic E-state index is -0.369. The summed E-state index contributed by atoms with van der Waals surface area (Å²) in [6, 6.07) is 12.6. The van der Waals surface area contributed by atoms with Crippen molar-refractivity contribution >= 4 is 44.4 Å². The SMILES string of the molecule is CCOC(=O)c1cc2cc(Oc3ccc(Cl)cc3Br)ccc2[nH]1. The van der Waals surface area contributed by atoms with Gasteiger partial charge in [0.25, 0.3) is 0 Å². The first-order valence-corrected chi connectivity index (χ1v) is 8.16. The summed E-state index contributed by atoms with van der Waals surface area (Å²) in [6.07, 6.45) is 0. The molecule has 1 aromatic heterocycles. The lowest BCUT2D eigenvalue weighted by atomic mass is 10.2. The molecule has 0 aliphatic heterocycles. The van der Waals surface area contributed by atoms with Gasteiger partial charge in [-0.2, -0.15) is 0 Å². The molecule has 23 heavy (non-hydrogen) atoms. The average Bonchev–Trinajstić information content (AvgIpc) is 2.94. The number of aromatic nitrogens is 1. The molecule has 3 rings (SSSR count). The Labute approximate surface area is 146 Å². The van der Waals surface area contributed by atoms with Crippen LogP contribution >= 0.6 is 27.5 Å². The van der Waals surface area contributed by atoms with E-state index in [1.54, 1.807) is 31.2 Å². The summed E-state index contributed by atoms with van der Waals surface area (Å²) in [6.45, 7) is 2.11. The zero-order valence-corrected chi connectivity index (χ0v) is 14.6. The van der Waals surface area contributed by atoms with Crippen molar-refractivity contribution in [1.29, 1.82) is 0 Å². The van der Waals surface area contributed by atoms with Gasteiger partial charge in [-0.15, -0.1) is 0 Å². The molecule has 0 aliphatic rings. The molecule has 0 unspecified atom stereocenters. The van der Waals surface area contributed by atoms with E-state index in [0.29, 0.717) is 28.8 Å². The second-order valence-corrected chi connectivity index (χ2v) is 6.12. The number of fused-ring (bicyclic) bond motifs is 1. The highest BCUT2D eigenvalue weighted by Crippen LogP contribution is 2.33. The Morgan fingerprint density at radius 1 is 1.22 bits per heavy atom. The highest BCUT2D eigenvalue weighted by molar-refractivity contribution is 9.10. The molecule has 0 bridgehead atoms. The number of ether oxygens (including phenoxy) is 2. The van der Waals surface area contributed by atoms with Gasteiger partial charge in [-0.25, -0.2) is 4.79 Å². The summed E-state index contributed by atoms with van der Waals surface area (Å²) in [4.78, 5) is 14.8. The zero-order valence-electron chi connectivity index (χ0n) is 12.2. The van der Waals surface area contributed by atoms with Crippen LogP contribution in [0, 0.1) is 0 Å². The van der Waals surface area contributed by atoms with Crippen molar-refractivity contribution in [3.8, 4) is 11.5 Å². The number of carbonyl (C=O) groups excluding carboxylic acids is 1. The monoisotopic (exact) mass is 393 g/mol. The van der Waals surface area contributed by atoms with E-state index in [2.05, 4.69) is 20.9 Å². The van der Waals surface area contributed by atoms with E-state index in [4.69, 9.17) is 21.1 Å². The summed E-state index contributed by atoms with van der Waals surface area (Å²) >= 11 is 9.34. The highest BCUT2D eigenvalue weighted by Gasteiger charge is 2.11. The van der Waals surface area contributed by atoms with E-state index < -0.39 is 0 Å². The van der Waals surface area contributed by atoms with Crippen molar-refractivity contribution in [2.75, 3.05) is 6.61 Å². The first-order valence-electron chi connectivity index (χ1n) is 6.99. The van der Waals surface area contributed by atoms with Crippen molar-refractivity contribution in [3.05, 3.63) is 57.7 Å². The Morgan fingerprint density at radius 2 is 2.04 bits per heavy atom. The molecule has 0 fully saturated rings. The molecular formula is C17H13BrClNO3. The Morgan fingerprint density at radius 3 is 2.78 bits per heavy atom. The minimum absolute atomic E-state index is 0.340. The van der Waals surface area contributed by atoms with Crippen LogP contribution in [0.25, 0.3) is 10.9 Å². The van der Waals surface area contributed by atoms with Crippen molar-refractivity contribution in [2.24, 2.45) is 0 Å². The van der Waals surface area contributed by atoms with E-state index in [1.165, 1.54) is 0 Å². The van der Waals surface area contributed by atoms with Gasteiger partial charge in [-0.1, -0.05) is 11.6 Å². The third kappa shape index (κ3) is 3.51. The first kappa shape index (κ1) is 15.9. The standard InChI is InChI=1S/C17H13BrClNO3/c1-2-22-17(21)15-8-10-7-12(4-5-14(10)20-15)23-16-6-3-11(19)9-13(16)18/h3-9,20H,2H2,1H3. The lowest BCUT2D eigenvalue weighted by Crippen LogP contribution is -2.04. The fourth-order valence-corrected chi connectivity index (χ4v) is 2.94. The lowest BCUT2D eigenvalue weighted by Gasteiger charge is -2.08. The van der Waals surface area contributed by atoms with Crippen molar-refractivity contribution < 1.29 is 14.3 Å². The maximum atomic E-state index is 11.8. The molecule has 4 nitrogen and oxygen atoms in total. The molecule has 0 aliphatic carbocycles. The molecule has 6 heteroatoms. The van der Waals surface area contributed by atoms with E-state index in [0.717, 1.165) is 15.4 Å². The number of esters is 1. The molecule has 0 saturated carbocycles. The Balaban J connectivity index is 1.89. The zero-order chi connectivity index (χ0) is 16.4. The number of benzene rings is 2.